The maximum Gasteiger partial charge on any atom is 0.407 e. The molecule has 0 aromatic heterocycles. The lowest BCUT2D eigenvalue weighted by Gasteiger charge is -2.34. The average Bonchev–Trinajstić information content (AvgIpc) is 2.44. The highest BCUT2D eigenvalue weighted by molar-refractivity contribution is 5.67. The third kappa shape index (κ3) is 0.843. The molecule has 3 N–H and O–H groups in total. The van der Waals surface area contributed by atoms with Crippen LogP contribution in [0.5, 0.6) is 0 Å². The van der Waals surface area contributed by atoms with Crippen molar-refractivity contribution in [2.24, 2.45) is 11.7 Å². The van der Waals surface area contributed by atoms with Gasteiger partial charge in [-0.25, -0.2) is 4.79 Å². The second-order valence-electron chi connectivity index (χ2n) is 3.89. The van der Waals surface area contributed by atoms with E-state index in [1.165, 1.54) is 4.90 Å². The Labute approximate surface area is 71.3 Å². The van der Waals surface area contributed by atoms with Crippen LogP contribution in [-0.4, -0.2) is 34.2 Å². The Morgan fingerprint density at radius 1 is 1.58 bits per heavy atom. The number of likely N-dealkylation sites (tertiary alicyclic amines) is 1. The highest BCUT2D eigenvalue weighted by Crippen LogP contribution is 2.41. The molecule has 2 bridgehead atoms. The lowest BCUT2D eigenvalue weighted by Crippen LogP contribution is -2.51. The van der Waals surface area contributed by atoms with E-state index < -0.39 is 6.09 Å². The molecule has 2 aliphatic rings. The summed E-state index contributed by atoms with van der Waals surface area (Å²) in [4.78, 5) is 12.3. The summed E-state index contributed by atoms with van der Waals surface area (Å²) in [7, 11) is 0. The van der Waals surface area contributed by atoms with Crippen LogP contribution in [0.15, 0.2) is 0 Å². The van der Waals surface area contributed by atoms with E-state index in [0.29, 0.717) is 5.92 Å². The molecule has 4 nitrogen and oxygen atoms in total. The summed E-state index contributed by atoms with van der Waals surface area (Å²) in [6.45, 7) is 1.98. The zero-order valence-electron chi connectivity index (χ0n) is 7.10. The van der Waals surface area contributed by atoms with Gasteiger partial charge < -0.3 is 15.7 Å². The van der Waals surface area contributed by atoms with Gasteiger partial charge in [-0.05, 0) is 25.7 Å². The number of carboxylic acid groups (broad SMARTS) is 1. The Morgan fingerprint density at radius 3 is 2.67 bits per heavy atom. The first-order valence-electron chi connectivity index (χ1n) is 4.38. The van der Waals surface area contributed by atoms with Crippen LogP contribution in [0.25, 0.3) is 0 Å². The molecule has 0 aromatic rings. The zero-order chi connectivity index (χ0) is 8.88. The minimum absolute atomic E-state index is 0.0716. The summed E-state index contributed by atoms with van der Waals surface area (Å²) >= 11 is 0. The Balaban J connectivity index is 2.20. The SMILES string of the molecule is CC1C2CC(N)C(C2)N1C(=O)O. The molecule has 1 aliphatic carbocycles. The van der Waals surface area contributed by atoms with Gasteiger partial charge in [0.25, 0.3) is 0 Å². The molecular weight excluding hydrogens is 156 g/mol. The van der Waals surface area contributed by atoms with Crippen LogP contribution >= 0.6 is 0 Å². The number of fused-ring (bicyclic) bond motifs is 2. The molecule has 0 spiro atoms. The van der Waals surface area contributed by atoms with Gasteiger partial charge in [0.05, 0.1) is 6.04 Å². The third-order valence-corrected chi connectivity index (χ3v) is 3.31. The maximum atomic E-state index is 10.8. The lowest BCUT2D eigenvalue weighted by atomic mass is 9.99. The predicted octanol–water partition coefficient (Wildman–Crippen LogP) is 0.474. The number of carbonyl (C=O) groups is 1. The molecule has 4 unspecified atom stereocenters. The molecule has 4 atom stereocenters. The maximum absolute atomic E-state index is 10.8. The number of nitrogens with two attached hydrogens (primary N) is 1. The van der Waals surface area contributed by atoms with E-state index in [1.54, 1.807) is 0 Å². The van der Waals surface area contributed by atoms with E-state index in [-0.39, 0.29) is 18.1 Å². The van der Waals surface area contributed by atoms with Crippen molar-refractivity contribution in [3.8, 4) is 0 Å². The largest absolute Gasteiger partial charge is 0.465 e. The van der Waals surface area contributed by atoms with E-state index >= 15 is 0 Å². The van der Waals surface area contributed by atoms with Gasteiger partial charge in [-0.1, -0.05) is 0 Å². The number of rotatable bonds is 0. The Bertz CT molecular complexity index is 219. The fourth-order valence-corrected chi connectivity index (χ4v) is 2.65. The summed E-state index contributed by atoms with van der Waals surface area (Å²) < 4.78 is 0. The normalized spacial score (nSPS) is 45.3. The van der Waals surface area contributed by atoms with Crippen LogP contribution in [0.1, 0.15) is 19.8 Å². The number of amides is 1. The highest BCUT2D eigenvalue weighted by Gasteiger charge is 2.50. The van der Waals surface area contributed by atoms with E-state index in [0.717, 1.165) is 12.8 Å². The van der Waals surface area contributed by atoms with E-state index in [4.69, 9.17) is 10.8 Å². The topological polar surface area (TPSA) is 66.6 Å². The highest BCUT2D eigenvalue weighted by atomic mass is 16.4. The summed E-state index contributed by atoms with van der Waals surface area (Å²) in [6, 6.07) is 0.331. The predicted molar refractivity (Wildman–Crippen MR) is 43.8 cm³/mol. The first-order valence-corrected chi connectivity index (χ1v) is 4.38. The molecule has 68 valence electrons. The van der Waals surface area contributed by atoms with Crippen molar-refractivity contribution < 1.29 is 9.90 Å². The molecule has 1 saturated carbocycles. The monoisotopic (exact) mass is 170 g/mol. The number of nitrogens with zero attached hydrogens (tertiary/aromatic N) is 1. The quantitative estimate of drug-likeness (QED) is 0.555. The van der Waals surface area contributed by atoms with Crippen molar-refractivity contribution in [2.45, 2.75) is 37.9 Å². The number of hydrogen-bond acceptors (Lipinski definition) is 2. The summed E-state index contributed by atoms with van der Waals surface area (Å²) in [5.74, 6) is 0.501. The third-order valence-electron chi connectivity index (χ3n) is 3.31. The van der Waals surface area contributed by atoms with Crippen molar-refractivity contribution in [3.63, 3.8) is 0 Å². The molecule has 1 heterocycles. The zero-order valence-corrected chi connectivity index (χ0v) is 7.10. The van der Waals surface area contributed by atoms with Crippen molar-refractivity contribution in [3.05, 3.63) is 0 Å². The van der Waals surface area contributed by atoms with Gasteiger partial charge in [0, 0.05) is 12.1 Å². The van der Waals surface area contributed by atoms with E-state index in [9.17, 15) is 4.79 Å². The molecule has 1 amide bonds. The fourth-order valence-electron chi connectivity index (χ4n) is 2.65. The van der Waals surface area contributed by atoms with Crippen LogP contribution in [0.3, 0.4) is 0 Å². The molecule has 4 heteroatoms. The number of hydrogen-bond donors (Lipinski definition) is 2. The fraction of sp³-hybridized carbons (Fsp3) is 0.875. The molecule has 0 radical (unpaired) electrons. The van der Waals surface area contributed by atoms with Crippen LogP contribution in [0, 0.1) is 5.92 Å². The summed E-state index contributed by atoms with van der Waals surface area (Å²) in [5.41, 5.74) is 5.81. The lowest BCUT2D eigenvalue weighted by molar-refractivity contribution is 0.101. The van der Waals surface area contributed by atoms with Crippen molar-refractivity contribution in [1.29, 1.82) is 0 Å². The molecule has 2 fully saturated rings. The van der Waals surface area contributed by atoms with Gasteiger partial charge in [0.15, 0.2) is 0 Å². The van der Waals surface area contributed by atoms with E-state index in [2.05, 4.69) is 0 Å². The van der Waals surface area contributed by atoms with Crippen LogP contribution in [-0.2, 0) is 0 Å². The smallest absolute Gasteiger partial charge is 0.407 e. The first-order chi connectivity index (χ1) is 5.61. The minimum atomic E-state index is -0.815. The van der Waals surface area contributed by atoms with Crippen LogP contribution < -0.4 is 5.73 Å². The first kappa shape index (κ1) is 7.86. The van der Waals surface area contributed by atoms with Crippen LogP contribution in [0.2, 0.25) is 0 Å². The molecule has 2 rings (SSSR count). The Hall–Kier alpha value is -0.770. The van der Waals surface area contributed by atoms with Gasteiger partial charge in [-0.15, -0.1) is 0 Å². The summed E-state index contributed by atoms with van der Waals surface area (Å²) in [5, 5.41) is 8.89. The van der Waals surface area contributed by atoms with Gasteiger partial charge in [0.1, 0.15) is 0 Å². The van der Waals surface area contributed by atoms with Gasteiger partial charge in [-0.3, -0.25) is 0 Å². The molecule has 1 saturated heterocycles. The van der Waals surface area contributed by atoms with Crippen molar-refractivity contribution >= 4 is 6.09 Å². The van der Waals surface area contributed by atoms with Gasteiger partial charge in [0.2, 0.25) is 0 Å². The van der Waals surface area contributed by atoms with Crippen molar-refractivity contribution in [2.75, 3.05) is 0 Å². The number of piperidine rings is 1. The summed E-state index contributed by atoms with van der Waals surface area (Å²) in [6.07, 6.45) is 1.15. The molecule has 12 heavy (non-hydrogen) atoms. The minimum Gasteiger partial charge on any atom is -0.465 e. The molecule has 1 aliphatic heterocycles. The molecular formula is C8H14N2O2. The second kappa shape index (κ2) is 2.36. The van der Waals surface area contributed by atoms with Gasteiger partial charge >= 0.3 is 6.09 Å². The Kier molecular flexibility index (Phi) is 1.54. The standard InChI is InChI=1S/C8H14N2O2/c1-4-5-2-6(9)7(3-5)10(4)8(11)12/h4-7H,2-3,9H2,1H3,(H,11,12). The van der Waals surface area contributed by atoms with Crippen LogP contribution in [0.4, 0.5) is 4.79 Å². The average molecular weight is 170 g/mol. The Morgan fingerprint density at radius 2 is 2.25 bits per heavy atom. The molecule has 0 aromatic carbocycles. The second-order valence-corrected chi connectivity index (χ2v) is 3.89. The van der Waals surface area contributed by atoms with E-state index in [1.807, 2.05) is 6.92 Å². The van der Waals surface area contributed by atoms with Gasteiger partial charge in [-0.2, -0.15) is 0 Å². The van der Waals surface area contributed by atoms with Crippen molar-refractivity contribution in [1.82, 2.24) is 4.90 Å².